The van der Waals surface area contributed by atoms with E-state index in [-0.39, 0.29) is 12.3 Å². The van der Waals surface area contributed by atoms with Crippen molar-refractivity contribution in [3.63, 3.8) is 0 Å². The lowest BCUT2D eigenvalue weighted by atomic mass is 10.0. The first kappa shape index (κ1) is 17.7. The molecular formula is C16H21ClN2O4S. The molecule has 8 heteroatoms. The molecule has 1 aromatic carbocycles. The van der Waals surface area contributed by atoms with Gasteiger partial charge < -0.3 is 0 Å². The van der Waals surface area contributed by atoms with E-state index in [9.17, 15) is 18.4 Å². The normalized spacial score (nSPS) is 20.6. The van der Waals surface area contributed by atoms with Gasteiger partial charge in [-0.05, 0) is 42.5 Å². The molecule has 1 N–H and O–H groups in total. The Hall–Kier alpha value is -1.15. The summed E-state index contributed by atoms with van der Waals surface area (Å²) < 4.78 is 27.2. The van der Waals surface area contributed by atoms with E-state index in [1.165, 1.54) is 4.31 Å². The van der Waals surface area contributed by atoms with E-state index in [4.69, 9.17) is 11.6 Å². The Kier molecular flexibility index (Phi) is 4.88. The molecule has 2 aliphatic rings. The third kappa shape index (κ3) is 3.31. The summed E-state index contributed by atoms with van der Waals surface area (Å²) in [6.45, 7) is 0.681. The van der Waals surface area contributed by atoms with Gasteiger partial charge in [0.05, 0.1) is 11.3 Å². The molecule has 0 aromatic heterocycles. The van der Waals surface area contributed by atoms with Gasteiger partial charge in [0.25, 0.3) is 0 Å². The largest absolute Gasteiger partial charge is 0.286 e. The van der Waals surface area contributed by atoms with Gasteiger partial charge in [-0.2, -0.15) is 4.31 Å². The maximum atomic E-state index is 12.9. The third-order valence-electron chi connectivity index (χ3n) is 5.11. The number of amides is 1. The standard InChI is InChI=1S/C16H21ClN2O4S/c17-15-4-3-13-5-8-18(10-14(13)9-15)24(22,23)11-16(19(21)12-20)6-1-2-7-16/h3-4,9,12,21H,1-2,5-8,10-11H2. The molecule has 3 rings (SSSR count). The van der Waals surface area contributed by atoms with Gasteiger partial charge in [0.2, 0.25) is 16.4 Å². The first-order valence-electron chi connectivity index (χ1n) is 8.05. The van der Waals surface area contributed by atoms with Crippen molar-refractivity contribution in [3.8, 4) is 0 Å². The van der Waals surface area contributed by atoms with Crippen LogP contribution in [0.5, 0.6) is 0 Å². The highest BCUT2D eigenvalue weighted by molar-refractivity contribution is 7.89. The Balaban J connectivity index is 1.82. The van der Waals surface area contributed by atoms with Crippen LogP contribution in [0.3, 0.4) is 0 Å². The zero-order chi connectivity index (χ0) is 17.4. The highest BCUT2D eigenvalue weighted by atomic mass is 35.5. The predicted molar refractivity (Wildman–Crippen MR) is 90.2 cm³/mol. The number of fused-ring (bicyclic) bond motifs is 1. The Bertz CT molecular complexity index is 732. The molecule has 0 bridgehead atoms. The van der Waals surface area contributed by atoms with Crippen molar-refractivity contribution >= 4 is 28.0 Å². The molecule has 0 radical (unpaired) electrons. The molecule has 1 aliphatic carbocycles. The Morgan fingerprint density at radius 3 is 2.67 bits per heavy atom. The highest BCUT2D eigenvalue weighted by Crippen LogP contribution is 2.36. The lowest BCUT2D eigenvalue weighted by Gasteiger charge is -2.36. The smallest absolute Gasteiger partial charge is 0.233 e. The van der Waals surface area contributed by atoms with Crippen LogP contribution in [0, 0.1) is 0 Å². The second kappa shape index (κ2) is 6.63. The van der Waals surface area contributed by atoms with Gasteiger partial charge >= 0.3 is 0 Å². The number of nitrogens with zero attached hydrogens (tertiary/aromatic N) is 2. The molecule has 1 heterocycles. The van der Waals surface area contributed by atoms with E-state index < -0.39 is 15.6 Å². The maximum absolute atomic E-state index is 12.9. The summed E-state index contributed by atoms with van der Waals surface area (Å²) in [6, 6.07) is 5.54. The van der Waals surface area contributed by atoms with Crippen LogP contribution >= 0.6 is 11.6 Å². The number of hydroxylamine groups is 2. The van der Waals surface area contributed by atoms with Crippen LogP contribution in [0.2, 0.25) is 5.02 Å². The number of halogens is 1. The van der Waals surface area contributed by atoms with Crippen LogP contribution in [-0.2, 0) is 27.8 Å². The summed E-state index contributed by atoms with van der Waals surface area (Å²) >= 11 is 6.01. The van der Waals surface area contributed by atoms with E-state index in [2.05, 4.69) is 0 Å². The van der Waals surface area contributed by atoms with Crippen molar-refractivity contribution in [2.45, 2.75) is 44.2 Å². The van der Waals surface area contributed by atoms with Gasteiger partial charge in [0.1, 0.15) is 0 Å². The fraction of sp³-hybridized carbons (Fsp3) is 0.562. The minimum absolute atomic E-state index is 0.245. The zero-order valence-corrected chi connectivity index (χ0v) is 14.9. The van der Waals surface area contributed by atoms with E-state index >= 15 is 0 Å². The number of carbonyl (C=O) groups excluding carboxylic acids is 1. The van der Waals surface area contributed by atoms with Crippen LogP contribution in [0.25, 0.3) is 0 Å². The Labute approximate surface area is 147 Å². The summed E-state index contributed by atoms with van der Waals surface area (Å²) in [5.74, 6) is -0.245. The van der Waals surface area contributed by atoms with Gasteiger partial charge in [-0.25, -0.2) is 13.5 Å². The molecule has 0 unspecified atom stereocenters. The van der Waals surface area contributed by atoms with Crippen molar-refractivity contribution in [2.75, 3.05) is 12.3 Å². The molecule has 1 aliphatic heterocycles. The number of sulfonamides is 1. The van der Waals surface area contributed by atoms with E-state index in [1.54, 1.807) is 6.07 Å². The molecule has 1 amide bonds. The van der Waals surface area contributed by atoms with Crippen LogP contribution in [0.15, 0.2) is 18.2 Å². The monoisotopic (exact) mass is 372 g/mol. The summed E-state index contributed by atoms with van der Waals surface area (Å²) in [5, 5.41) is 11.1. The number of hydrogen-bond acceptors (Lipinski definition) is 4. The van der Waals surface area contributed by atoms with Gasteiger partial charge in [0.15, 0.2) is 0 Å². The molecule has 1 fully saturated rings. The molecule has 24 heavy (non-hydrogen) atoms. The molecule has 1 aromatic rings. The molecule has 0 spiro atoms. The lowest BCUT2D eigenvalue weighted by Crippen LogP contribution is -2.52. The molecule has 6 nitrogen and oxygen atoms in total. The summed E-state index contributed by atoms with van der Waals surface area (Å²) in [6.07, 6.45) is 3.55. The van der Waals surface area contributed by atoms with Gasteiger partial charge in [-0.15, -0.1) is 0 Å². The fourth-order valence-electron chi connectivity index (χ4n) is 3.75. The quantitative estimate of drug-likeness (QED) is 0.488. The van der Waals surface area contributed by atoms with Crippen LogP contribution in [-0.4, -0.2) is 47.2 Å². The van der Waals surface area contributed by atoms with Crippen molar-refractivity contribution in [3.05, 3.63) is 34.3 Å². The number of benzene rings is 1. The predicted octanol–water partition coefficient (Wildman–Crippen LogP) is 2.19. The van der Waals surface area contributed by atoms with Gasteiger partial charge in [0, 0.05) is 18.1 Å². The first-order valence-corrected chi connectivity index (χ1v) is 10.0. The molecule has 0 atom stereocenters. The topological polar surface area (TPSA) is 77.9 Å². The second-order valence-electron chi connectivity index (χ2n) is 6.63. The Morgan fingerprint density at radius 2 is 2.00 bits per heavy atom. The average Bonchev–Trinajstić information content (AvgIpc) is 3.02. The number of rotatable bonds is 5. The third-order valence-corrected chi connectivity index (χ3v) is 7.35. The van der Waals surface area contributed by atoms with Crippen LogP contribution in [0.1, 0.15) is 36.8 Å². The highest BCUT2D eigenvalue weighted by Gasteiger charge is 2.45. The van der Waals surface area contributed by atoms with E-state index in [0.717, 1.165) is 24.0 Å². The summed E-state index contributed by atoms with van der Waals surface area (Å²) in [5.41, 5.74) is 1.02. The minimum atomic E-state index is -3.61. The zero-order valence-electron chi connectivity index (χ0n) is 13.3. The maximum Gasteiger partial charge on any atom is 0.233 e. The molecule has 0 saturated heterocycles. The summed E-state index contributed by atoms with van der Waals surface area (Å²) in [7, 11) is -3.61. The second-order valence-corrected chi connectivity index (χ2v) is 9.04. The van der Waals surface area contributed by atoms with E-state index in [1.807, 2.05) is 12.1 Å². The number of carbonyl (C=O) groups is 1. The van der Waals surface area contributed by atoms with E-state index in [0.29, 0.717) is 42.3 Å². The van der Waals surface area contributed by atoms with Crippen molar-refractivity contribution in [1.29, 1.82) is 0 Å². The SMILES string of the molecule is O=CN(O)C1(CS(=O)(=O)N2CCc3ccc(Cl)cc3C2)CCCC1. The Morgan fingerprint density at radius 1 is 1.29 bits per heavy atom. The minimum Gasteiger partial charge on any atom is -0.286 e. The number of hydrogen-bond donors (Lipinski definition) is 1. The first-order chi connectivity index (χ1) is 11.4. The fourth-order valence-corrected chi connectivity index (χ4v) is 5.94. The molecular weight excluding hydrogens is 352 g/mol. The van der Waals surface area contributed by atoms with Crippen molar-refractivity contribution in [2.24, 2.45) is 0 Å². The lowest BCUT2D eigenvalue weighted by molar-refractivity contribution is -0.175. The van der Waals surface area contributed by atoms with Crippen LogP contribution < -0.4 is 0 Å². The van der Waals surface area contributed by atoms with Crippen molar-refractivity contribution < 1.29 is 18.4 Å². The average molecular weight is 373 g/mol. The van der Waals surface area contributed by atoms with Gasteiger partial charge in [-0.3, -0.25) is 10.0 Å². The van der Waals surface area contributed by atoms with Crippen molar-refractivity contribution in [1.82, 2.24) is 9.37 Å². The van der Waals surface area contributed by atoms with Gasteiger partial charge in [-0.1, -0.05) is 30.5 Å². The molecule has 1 saturated carbocycles. The van der Waals surface area contributed by atoms with Crippen LogP contribution in [0.4, 0.5) is 0 Å². The molecule has 132 valence electrons. The summed E-state index contributed by atoms with van der Waals surface area (Å²) in [4.78, 5) is 11.0.